The standard InChI is InChI=1S/C14H19ClN2O/c1-14(2,3)8-10(16)7-13-17-11-5-4-9(15)6-12(11)18-13/h4-6,10H,7-8,16H2,1-3H3. The number of aromatic nitrogens is 1. The summed E-state index contributed by atoms with van der Waals surface area (Å²) in [6.07, 6.45) is 1.59. The molecule has 0 aliphatic heterocycles. The molecule has 1 aromatic heterocycles. The zero-order chi connectivity index (χ0) is 13.3. The van der Waals surface area contributed by atoms with Crippen molar-refractivity contribution in [2.24, 2.45) is 11.1 Å². The minimum atomic E-state index is 0.0635. The highest BCUT2D eigenvalue weighted by molar-refractivity contribution is 6.31. The SMILES string of the molecule is CC(C)(C)CC(N)Cc1nc2ccc(Cl)cc2o1. The maximum Gasteiger partial charge on any atom is 0.197 e. The summed E-state index contributed by atoms with van der Waals surface area (Å²) in [5.74, 6) is 0.684. The summed E-state index contributed by atoms with van der Waals surface area (Å²) < 4.78 is 5.66. The van der Waals surface area contributed by atoms with Crippen molar-refractivity contribution in [2.75, 3.05) is 0 Å². The molecule has 0 saturated carbocycles. The number of hydrogen-bond donors (Lipinski definition) is 1. The first-order valence-corrected chi connectivity index (χ1v) is 6.52. The molecule has 1 heterocycles. The Morgan fingerprint density at radius 1 is 1.39 bits per heavy atom. The Hall–Kier alpha value is -1.06. The van der Waals surface area contributed by atoms with Crippen molar-refractivity contribution in [1.82, 2.24) is 4.98 Å². The van der Waals surface area contributed by atoms with Crippen LogP contribution < -0.4 is 5.73 Å². The molecule has 0 saturated heterocycles. The molecule has 2 N–H and O–H groups in total. The molecule has 2 aromatic rings. The number of nitrogens with two attached hydrogens (primary N) is 1. The number of halogens is 1. The Labute approximate surface area is 112 Å². The van der Waals surface area contributed by atoms with E-state index < -0.39 is 0 Å². The molecule has 0 bridgehead atoms. The number of oxazole rings is 1. The predicted molar refractivity (Wildman–Crippen MR) is 74.8 cm³/mol. The topological polar surface area (TPSA) is 52.0 Å². The lowest BCUT2D eigenvalue weighted by Gasteiger charge is -2.22. The second-order valence-corrected chi connectivity index (χ2v) is 6.39. The molecule has 1 unspecified atom stereocenters. The van der Waals surface area contributed by atoms with Crippen molar-refractivity contribution in [1.29, 1.82) is 0 Å². The van der Waals surface area contributed by atoms with Gasteiger partial charge in [0.25, 0.3) is 0 Å². The van der Waals surface area contributed by atoms with Crippen LogP contribution in [0.4, 0.5) is 0 Å². The number of hydrogen-bond acceptors (Lipinski definition) is 3. The van der Waals surface area contributed by atoms with E-state index in [4.69, 9.17) is 21.8 Å². The molecule has 2 rings (SSSR count). The molecule has 3 nitrogen and oxygen atoms in total. The lowest BCUT2D eigenvalue weighted by molar-refractivity contribution is 0.329. The van der Waals surface area contributed by atoms with Crippen molar-refractivity contribution >= 4 is 22.7 Å². The fraction of sp³-hybridized carbons (Fsp3) is 0.500. The third kappa shape index (κ3) is 3.47. The molecule has 0 radical (unpaired) electrons. The first-order valence-electron chi connectivity index (χ1n) is 6.14. The van der Waals surface area contributed by atoms with E-state index in [1.54, 1.807) is 6.07 Å². The van der Waals surface area contributed by atoms with Gasteiger partial charge in [-0.1, -0.05) is 32.4 Å². The normalized spacial score (nSPS) is 14.1. The number of nitrogens with zero attached hydrogens (tertiary/aromatic N) is 1. The van der Waals surface area contributed by atoms with Gasteiger partial charge in [0.05, 0.1) is 0 Å². The van der Waals surface area contributed by atoms with Gasteiger partial charge in [-0.05, 0) is 24.0 Å². The largest absolute Gasteiger partial charge is 0.441 e. The van der Waals surface area contributed by atoms with E-state index in [2.05, 4.69) is 25.8 Å². The van der Waals surface area contributed by atoms with Crippen molar-refractivity contribution in [3.05, 3.63) is 29.1 Å². The second-order valence-electron chi connectivity index (χ2n) is 5.95. The van der Waals surface area contributed by atoms with E-state index in [1.165, 1.54) is 0 Å². The van der Waals surface area contributed by atoms with Crippen LogP contribution in [-0.2, 0) is 6.42 Å². The van der Waals surface area contributed by atoms with Crippen LogP contribution in [0.15, 0.2) is 22.6 Å². The van der Waals surface area contributed by atoms with Crippen LogP contribution in [0, 0.1) is 5.41 Å². The molecule has 0 aliphatic rings. The maximum atomic E-state index is 6.12. The van der Waals surface area contributed by atoms with E-state index in [1.807, 2.05) is 12.1 Å². The van der Waals surface area contributed by atoms with Crippen LogP contribution in [0.1, 0.15) is 33.1 Å². The van der Waals surface area contributed by atoms with E-state index in [0.29, 0.717) is 17.3 Å². The minimum Gasteiger partial charge on any atom is -0.441 e. The molecule has 0 aliphatic carbocycles. The molecule has 0 spiro atoms. The number of rotatable bonds is 3. The van der Waals surface area contributed by atoms with Gasteiger partial charge in [-0.2, -0.15) is 0 Å². The molecule has 4 heteroatoms. The predicted octanol–water partition coefficient (Wildman–Crippen LogP) is 3.79. The molecule has 1 atom stereocenters. The van der Waals surface area contributed by atoms with Crippen molar-refractivity contribution in [3.8, 4) is 0 Å². The van der Waals surface area contributed by atoms with Gasteiger partial charge >= 0.3 is 0 Å². The highest BCUT2D eigenvalue weighted by Crippen LogP contribution is 2.24. The van der Waals surface area contributed by atoms with E-state index >= 15 is 0 Å². The van der Waals surface area contributed by atoms with Crippen LogP contribution in [-0.4, -0.2) is 11.0 Å². The first kappa shape index (κ1) is 13.4. The highest BCUT2D eigenvalue weighted by atomic mass is 35.5. The summed E-state index contributed by atoms with van der Waals surface area (Å²) in [5, 5.41) is 0.657. The average Bonchev–Trinajstić information content (AvgIpc) is 2.55. The van der Waals surface area contributed by atoms with Crippen LogP contribution in [0.25, 0.3) is 11.1 Å². The molecular weight excluding hydrogens is 248 g/mol. The second kappa shape index (κ2) is 4.90. The van der Waals surface area contributed by atoms with E-state index in [0.717, 1.165) is 17.5 Å². The maximum absolute atomic E-state index is 6.12. The molecule has 98 valence electrons. The molecular formula is C14H19ClN2O. The zero-order valence-corrected chi connectivity index (χ0v) is 11.8. The lowest BCUT2D eigenvalue weighted by Crippen LogP contribution is -2.28. The van der Waals surface area contributed by atoms with Gasteiger partial charge < -0.3 is 10.2 Å². The van der Waals surface area contributed by atoms with Gasteiger partial charge in [-0.25, -0.2) is 4.98 Å². The monoisotopic (exact) mass is 266 g/mol. The Morgan fingerprint density at radius 3 is 2.78 bits per heavy atom. The minimum absolute atomic E-state index is 0.0635. The molecule has 1 aromatic carbocycles. The van der Waals surface area contributed by atoms with Gasteiger partial charge in [-0.15, -0.1) is 0 Å². The van der Waals surface area contributed by atoms with Gasteiger partial charge in [0.2, 0.25) is 0 Å². The van der Waals surface area contributed by atoms with Crippen molar-refractivity contribution in [3.63, 3.8) is 0 Å². The smallest absolute Gasteiger partial charge is 0.197 e. The third-order valence-electron chi connectivity index (χ3n) is 2.71. The summed E-state index contributed by atoms with van der Waals surface area (Å²) in [4.78, 5) is 4.42. The highest BCUT2D eigenvalue weighted by Gasteiger charge is 2.18. The number of benzene rings is 1. The van der Waals surface area contributed by atoms with E-state index in [9.17, 15) is 0 Å². The number of fused-ring (bicyclic) bond motifs is 1. The fourth-order valence-corrected chi connectivity index (χ4v) is 2.28. The Balaban J connectivity index is 2.12. The summed E-state index contributed by atoms with van der Waals surface area (Å²) in [5.41, 5.74) is 7.89. The molecule has 0 fully saturated rings. The summed E-state index contributed by atoms with van der Waals surface area (Å²) in [6.45, 7) is 6.54. The summed E-state index contributed by atoms with van der Waals surface area (Å²) >= 11 is 5.91. The van der Waals surface area contributed by atoms with Crippen molar-refractivity contribution < 1.29 is 4.42 Å². The first-order chi connectivity index (χ1) is 8.33. The van der Waals surface area contributed by atoms with Gasteiger partial charge in [-0.3, -0.25) is 0 Å². The fourth-order valence-electron chi connectivity index (χ4n) is 2.12. The summed E-state index contributed by atoms with van der Waals surface area (Å²) in [7, 11) is 0. The Morgan fingerprint density at radius 2 is 2.11 bits per heavy atom. The Bertz CT molecular complexity index is 542. The van der Waals surface area contributed by atoms with Crippen molar-refractivity contribution in [2.45, 2.75) is 39.7 Å². The quantitative estimate of drug-likeness (QED) is 0.920. The van der Waals surface area contributed by atoms with Gasteiger partial charge in [0.15, 0.2) is 11.5 Å². The van der Waals surface area contributed by atoms with Gasteiger partial charge in [0, 0.05) is 23.6 Å². The van der Waals surface area contributed by atoms with Gasteiger partial charge in [0.1, 0.15) is 5.52 Å². The average molecular weight is 267 g/mol. The van der Waals surface area contributed by atoms with Crippen LogP contribution in [0.3, 0.4) is 0 Å². The third-order valence-corrected chi connectivity index (χ3v) is 2.94. The van der Waals surface area contributed by atoms with Crippen LogP contribution in [0.2, 0.25) is 5.02 Å². The zero-order valence-electron chi connectivity index (χ0n) is 11.0. The summed E-state index contributed by atoms with van der Waals surface area (Å²) in [6, 6.07) is 5.52. The van der Waals surface area contributed by atoms with E-state index in [-0.39, 0.29) is 11.5 Å². The van der Waals surface area contributed by atoms with Crippen LogP contribution >= 0.6 is 11.6 Å². The molecule has 0 amide bonds. The lowest BCUT2D eigenvalue weighted by atomic mass is 9.87. The molecule has 18 heavy (non-hydrogen) atoms. The Kier molecular flexibility index (Phi) is 3.64. The van der Waals surface area contributed by atoms with Crippen LogP contribution in [0.5, 0.6) is 0 Å².